The molecule has 0 aromatic heterocycles. The number of hydrogen-bond donors (Lipinski definition) is 0. The molecule has 7 heteroatoms. The van der Waals surface area contributed by atoms with Gasteiger partial charge in [-0.1, -0.05) is 41.4 Å². The van der Waals surface area contributed by atoms with Crippen LogP contribution in [0.25, 0.3) is 0 Å². The molecule has 1 aliphatic heterocycles. The number of benzene rings is 2. The minimum Gasteiger partial charge on any atom is -0.489 e. The second kappa shape index (κ2) is 7.44. The van der Waals surface area contributed by atoms with Gasteiger partial charge in [0, 0.05) is 11.4 Å². The summed E-state index contributed by atoms with van der Waals surface area (Å²) in [7, 11) is -3.48. The molecule has 1 heterocycles. The molecule has 134 valence electrons. The molecule has 2 aromatic carbocycles. The van der Waals surface area contributed by atoms with Gasteiger partial charge in [-0.25, -0.2) is 8.42 Å². The number of hydrogen-bond acceptors (Lipinski definition) is 4. The number of sulfone groups is 1. The van der Waals surface area contributed by atoms with Crippen LogP contribution in [0, 0.1) is 0 Å². The van der Waals surface area contributed by atoms with Crippen molar-refractivity contribution in [2.75, 3.05) is 13.2 Å². The van der Waals surface area contributed by atoms with Crippen molar-refractivity contribution in [2.24, 2.45) is 0 Å². The lowest BCUT2D eigenvalue weighted by Gasteiger charge is -2.16. The zero-order valence-electron chi connectivity index (χ0n) is 13.7. The Morgan fingerprint density at radius 2 is 1.80 bits per heavy atom. The number of halogens is 2. The maximum Gasteiger partial charge on any atom is 0.179 e. The van der Waals surface area contributed by atoms with Crippen LogP contribution in [0.4, 0.5) is 0 Å². The van der Waals surface area contributed by atoms with Gasteiger partial charge < -0.3 is 9.47 Å². The van der Waals surface area contributed by atoms with Crippen molar-refractivity contribution in [3.05, 3.63) is 57.6 Å². The summed E-state index contributed by atoms with van der Waals surface area (Å²) in [5, 5.41) is 0.0706. The third kappa shape index (κ3) is 4.05. The average molecular weight is 401 g/mol. The van der Waals surface area contributed by atoms with Crippen LogP contribution in [-0.4, -0.2) is 21.6 Å². The van der Waals surface area contributed by atoms with Crippen LogP contribution in [0.15, 0.2) is 36.4 Å². The van der Waals surface area contributed by atoms with E-state index in [-0.39, 0.29) is 5.75 Å². The molecule has 0 N–H and O–H groups in total. The van der Waals surface area contributed by atoms with Gasteiger partial charge in [0.2, 0.25) is 0 Å². The van der Waals surface area contributed by atoms with E-state index in [0.29, 0.717) is 45.9 Å². The second-order valence-electron chi connectivity index (χ2n) is 5.93. The monoisotopic (exact) mass is 400 g/mol. The predicted molar refractivity (Wildman–Crippen MR) is 99.5 cm³/mol. The van der Waals surface area contributed by atoms with Gasteiger partial charge in [-0.15, -0.1) is 0 Å². The minimum absolute atomic E-state index is 0.157. The molecule has 0 fully saturated rings. The van der Waals surface area contributed by atoms with E-state index in [4.69, 9.17) is 32.7 Å². The first-order chi connectivity index (χ1) is 11.9. The smallest absolute Gasteiger partial charge is 0.179 e. The predicted octanol–water partition coefficient (Wildman–Crippen LogP) is 4.83. The zero-order chi connectivity index (χ0) is 18.0. The van der Waals surface area contributed by atoms with E-state index in [1.54, 1.807) is 43.3 Å². The van der Waals surface area contributed by atoms with Crippen molar-refractivity contribution < 1.29 is 17.9 Å². The molecular weight excluding hydrogens is 383 g/mol. The van der Waals surface area contributed by atoms with Crippen molar-refractivity contribution in [3.8, 4) is 11.5 Å². The fraction of sp³-hybridized carbons (Fsp3) is 0.333. The van der Waals surface area contributed by atoms with Crippen LogP contribution in [0.1, 0.15) is 29.7 Å². The molecule has 3 rings (SSSR count). The highest BCUT2D eigenvalue weighted by Gasteiger charge is 2.26. The summed E-state index contributed by atoms with van der Waals surface area (Å²) in [5.41, 5.74) is 1.15. The van der Waals surface area contributed by atoms with Crippen LogP contribution < -0.4 is 9.47 Å². The van der Waals surface area contributed by atoms with Gasteiger partial charge in [0.1, 0.15) is 0 Å². The average Bonchev–Trinajstić information content (AvgIpc) is 2.80. The summed E-state index contributed by atoms with van der Waals surface area (Å²) >= 11 is 12.4. The molecule has 1 atom stereocenters. The van der Waals surface area contributed by atoms with Gasteiger partial charge in [0.25, 0.3) is 0 Å². The molecule has 0 bridgehead atoms. The van der Waals surface area contributed by atoms with E-state index in [1.165, 1.54) is 0 Å². The summed E-state index contributed by atoms with van der Waals surface area (Å²) in [6.07, 6.45) is 0.752. The molecule has 4 nitrogen and oxygen atoms in total. The molecule has 0 saturated heterocycles. The lowest BCUT2D eigenvalue weighted by Crippen LogP contribution is -2.13. The highest BCUT2D eigenvalue weighted by atomic mass is 35.5. The molecule has 0 unspecified atom stereocenters. The Hall–Kier alpha value is -1.43. The quantitative estimate of drug-likeness (QED) is 0.737. The van der Waals surface area contributed by atoms with Crippen LogP contribution in [-0.2, 0) is 15.6 Å². The Bertz CT molecular complexity index is 881. The Morgan fingerprint density at radius 1 is 1.08 bits per heavy atom. The fourth-order valence-electron chi connectivity index (χ4n) is 2.72. The summed E-state index contributed by atoms with van der Waals surface area (Å²) in [4.78, 5) is 0. The van der Waals surface area contributed by atoms with Crippen molar-refractivity contribution in [2.45, 2.75) is 24.3 Å². The van der Waals surface area contributed by atoms with Gasteiger partial charge in [-0.2, -0.15) is 0 Å². The Kier molecular flexibility index (Phi) is 5.46. The van der Waals surface area contributed by atoms with Crippen LogP contribution in [0.3, 0.4) is 0 Å². The van der Waals surface area contributed by atoms with Gasteiger partial charge in [0.15, 0.2) is 21.3 Å². The van der Waals surface area contributed by atoms with E-state index in [2.05, 4.69) is 0 Å². The molecule has 25 heavy (non-hydrogen) atoms. The highest BCUT2D eigenvalue weighted by molar-refractivity contribution is 7.90. The topological polar surface area (TPSA) is 52.6 Å². The number of rotatable bonds is 4. The van der Waals surface area contributed by atoms with Crippen LogP contribution >= 0.6 is 23.2 Å². The SMILES string of the molecule is C[C@H](c1ccccc1Cl)S(=O)(=O)Cc1cc(Cl)c2c(c1)OCCCO2. The van der Waals surface area contributed by atoms with Crippen LogP contribution in [0.2, 0.25) is 10.0 Å². The summed E-state index contributed by atoms with van der Waals surface area (Å²) in [6.45, 7) is 2.67. The molecule has 0 amide bonds. The molecule has 0 saturated carbocycles. The lowest BCUT2D eigenvalue weighted by molar-refractivity contribution is 0.297. The van der Waals surface area contributed by atoms with Gasteiger partial charge in [-0.05, 0) is 36.2 Å². The normalized spacial score (nSPS) is 15.5. The van der Waals surface area contributed by atoms with Crippen molar-refractivity contribution >= 4 is 33.0 Å². The van der Waals surface area contributed by atoms with Gasteiger partial charge >= 0.3 is 0 Å². The summed E-state index contributed by atoms with van der Waals surface area (Å²) in [6, 6.07) is 10.3. The molecule has 2 aromatic rings. The number of fused-ring (bicyclic) bond motifs is 1. The van der Waals surface area contributed by atoms with E-state index in [1.807, 2.05) is 0 Å². The first-order valence-corrected chi connectivity index (χ1v) is 10.4. The number of ether oxygens (including phenoxy) is 2. The third-order valence-corrected chi connectivity index (χ3v) is 6.80. The second-order valence-corrected chi connectivity index (χ2v) is 9.06. The Labute approximate surface area is 157 Å². The summed E-state index contributed by atoms with van der Waals surface area (Å²) < 4.78 is 36.8. The molecular formula is C18H18Cl2O4S. The van der Waals surface area contributed by atoms with Crippen molar-refractivity contribution in [1.82, 2.24) is 0 Å². The van der Waals surface area contributed by atoms with Crippen LogP contribution in [0.5, 0.6) is 11.5 Å². The van der Waals surface area contributed by atoms with Crippen molar-refractivity contribution in [1.29, 1.82) is 0 Å². The lowest BCUT2D eigenvalue weighted by atomic mass is 10.2. The minimum atomic E-state index is -3.48. The van der Waals surface area contributed by atoms with E-state index in [0.717, 1.165) is 6.42 Å². The first-order valence-electron chi connectivity index (χ1n) is 7.92. The largest absolute Gasteiger partial charge is 0.489 e. The first kappa shape index (κ1) is 18.4. The highest BCUT2D eigenvalue weighted by Crippen LogP contribution is 2.39. The molecule has 1 aliphatic rings. The van der Waals surface area contributed by atoms with E-state index >= 15 is 0 Å². The fourth-order valence-corrected chi connectivity index (χ4v) is 4.85. The van der Waals surface area contributed by atoms with E-state index < -0.39 is 15.1 Å². The summed E-state index contributed by atoms with van der Waals surface area (Å²) in [5.74, 6) is 0.801. The van der Waals surface area contributed by atoms with Gasteiger partial charge in [0.05, 0.1) is 29.2 Å². The third-order valence-electron chi connectivity index (χ3n) is 4.11. The maximum absolute atomic E-state index is 12.8. The molecule has 0 radical (unpaired) electrons. The standard InChI is InChI=1S/C18H18Cl2O4S/c1-12(14-5-2-3-6-15(14)19)25(21,22)11-13-9-16(20)18-17(10-13)23-7-4-8-24-18/h2-3,5-6,9-10,12H,4,7-8,11H2,1H3/t12-/m1/s1. The van der Waals surface area contributed by atoms with E-state index in [9.17, 15) is 8.42 Å². The Balaban J connectivity index is 1.90. The maximum atomic E-state index is 12.8. The van der Waals surface area contributed by atoms with Gasteiger partial charge in [-0.3, -0.25) is 0 Å². The molecule has 0 aliphatic carbocycles. The van der Waals surface area contributed by atoms with Crippen molar-refractivity contribution in [3.63, 3.8) is 0 Å². The molecule has 0 spiro atoms. The Morgan fingerprint density at radius 3 is 2.56 bits per heavy atom. The zero-order valence-corrected chi connectivity index (χ0v) is 16.0.